The molecule has 0 unspecified atom stereocenters. The van der Waals surface area contributed by atoms with E-state index in [1.54, 1.807) is 12.2 Å². The van der Waals surface area contributed by atoms with E-state index in [1.165, 1.54) is 28.1 Å². The molecule has 2 fully saturated rings. The Morgan fingerprint density at radius 2 is 0.867 bits per heavy atom. The summed E-state index contributed by atoms with van der Waals surface area (Å²) in [5, 5.41) is 0. The quantitative estimate of drug-likeness (QED) is 0.0601. The number of hydrogen-bond acceptors (Lipinski definition) is 8. The summed E-state index contributed by atoms with van der Waals surface area (Å²) < 4.78 is 10.3. The lowest BCUT2D eigenvalue weighted by Crippen LogP contribution is -2.65. The van der Waals surface area contributed by atoms with E-state index in [1.807, 2.05) is 78.0 Å². The molecule has 0 aromatic heterocycles. The van der Waals surface area contributed by atoms with Gasteiger partial charge in [-0.05, 0) is 141 Å². The summed E-state index contributed by atoms with van der Waals surface area (Å²) >= 11 is 0. The van der Waals surface area contributed by atoms with E-state index in [9.17, 15) is 28.8 Å². The van der Waals surface area contributed by atoms with E-state index in [2.05, 4.69) is 39.5 Å². The van der Waals surface area contributed by atoms with Crippen molar-refractivity contribution in [1.29, 1.82) is 0 Å². The zero-order chi connectivity index (χ0) is 46.3. The molecule has 0 bridgehead atoms. The summed E-state index contributed by atoms with van der Waals surface area (Å²) in [6.45, 7) is 37.8. The molecule has 2 rings (SSSR count). The van der Waals surface area contributed by atoms with Crippen molar-refractivity contribution in [3.63, 3.8) is 0 Å². The number of allylic oxidation sites excluding steroid dienone is 10. The molecule has 2 aliphatic rings. The number of ketones is 4. The average molecular weight is 829 g/mol. The monoisotopic (exact) mass is 829 g/mol. The summed E-state index contributed by atoms with van der Waals surface area (Å²) in [5.74, 6) is -2.45. The maximum atomic E-state index is 14.3. The van der Waals surface area contributed by atoms with E-state index in [0.29, 0.717) is 51.4 Å². The standard InChI is InChI=1S/2C26H38O4/c2*1-9-12-16-24(7)21(13-10-2)18-25(23(29)30-8,17-14-19(4)5)22(28)26(24,15-11-3)20(6)27/h2*9-11,14,21H,1-3,12-13,15-18H2,4-8H3/t2*21-,24-,25+,26+/m10/s1. The van der Waals surface area contributed by atoms with Crippen LogP contribution < -0.4 is 0 Å². The highest BCUT2D eigenvalue weighted by Crippen LogP contribution is 2.65. The number of ether oxygens (including phenoxy) is 2. The van der Waals surface area contributed by atoms with Crippen LogP contribution in [-0.2, 0) is 38.2 Å². The zero-order valence-electron chi connectivity index (χ0n) is 38.8. The van der Waals surface area contributed by atoms with E-state index in [4.69, 9.17) is 9.47 Å². The molecular weight excluding hydrogens is 753 g/mol. The maximum Gasteiger partial charge on any atom is 0.319 e. The van der Waals surface area contributed by atoms with Crippen LogP contribution in [0, 0.1) is 44.3 Å². The highest BCUT2D eigenvalue weighted by Gasteiger charge is 2.71. The van der Waals surface area contributed by atoms with Gasteiger partial charge in [-0.2, -0.15) is 0 Å². The van der Waals surface area contributed by atoms with Gasteiger partial charge in [-0.1, -0.05) is 73.6 Å². The fourth-order valence-corrected chi connectivity index (χ4v) is 10.8. The zero-order valence-corrected chi connectivity index (χ0v) is 38.8. The van der Waals surface area contributed by atoms with Gasteiger partial charge in [0.2, 0.25) is 0 Å². The molecule has 0 radical (unpaired) electrons. The first-order chi connectivity index (χ1) is 28.1. The SMILES string of the molecule is C=CCC[C@@]1(C)[C@@H](CC=C)C[C@@](CC=C(C)C)(C(=O)OC)C(=O)[C@@]1(CC=C)C(C)=O.C=CCC[C@]1(C)[C@H](CC=C)C[C@](CC=C(C)C)(C(=O)OC)C(=O)[C@]1(CC=C)C(C)=O. The molecule has 0 aromatic carbocycles. The average Bonchev–Trinajstić information content (AvgIpc) is 3.20. The van der Waals surface area contributed by atoms with Crippen molar-refractivity contribution < 1.29 is 38.2 Å². The summed E-state index contributed by atoms with van der Waals surface area (Å²) in [6.07, 6.45) is 19.5. The lowest BCUT2D eigenvalue weighted by atomic mass is 9.42. The molecule has 0 aromatic rings. The van der Waals surface area contributed by atoms with Crippen LogP contribution in [-0.4, -0.2) is 49.3 Å². The first kappa shape index (κ1) is 53.6. The number of methoxy groups -OCH3 is 2. The van der Waals surface area contributed by atoms with E-state index in [0.717, 1.165) is 11.1 Å². The van der Waals surface area contributed by atoms with E-state index < -0.39 is 44.4 Å². The number of esters is 2. The van der Waals surface area contributed by atoms with Crippen LogP contribution >= 0.6 is 0 Å². The molecule has 0 spiro atoms. The second-order valence-corrected chi connectivity index (χ2v) is 18.0. The van der Waals surface area contributed by atoms with Gasteiger partial charge >= 0.3 is 11.9 Å². The smallest absolute Gasteiger partial charge is 0.319 e. The van der Waals surface area contributed by atoms with Crippen LogP contribution in [0.5, 0.6) is 0 Å². The Kier molecular flexibility index (Phi) is 20.0. The highest BCUT2D eigenvalue weighted by molar-refractivity contribution is 6.18. The van der Waals surface area contributed by atoms with Crippen LogP contribution in [0.4, 0.5) is 0 Å². The van der Waals surface area contributed by atoms with Crippen molar-refractivity contribution >= 4 is 35.1 Å². The molecule has 8 nitrogen and oxygen atoms in total. The molecule has 60 heavy (non-hydrogen) atoms. The predicted molar refractivity (Wildman–Crippen MR) is 244 cm³/mol. The third kappa shape index (κ3) is 9.68. The van der Waals surface area contributed by atoms with Gasteiger partial charge < -0.3 is 9.47 Å². The Labute approximate surface area is 362 Å². The molecule has 8 atom stereocenters. The van der Waals surface area contributed by atoms with Crippen molar-refractivity contribution in [2.24, 2.45) is 44.3 Å². The van der Waals surface area contributed by atoms with Crippen LogP contribution in [0.15, 0.2) is 99.2 Å². The Bertz CT molecular complexity index is 1610. The second-order valence-electron chi connectivity index (χ2n) is 18.0. The summed E-state index contributed by atoms with van der Waals surface area (Å²) in [4.78, 5) is 81.5. The fourth-order valence-electron chi connectivity index (χ4n) is 10.8. The first-order valence-corrected chi connectivity index (χ1v) is 21.3. The van der Waals surface area contributed by atoms with Gasteiger partial charge in [0.05, 0.1) is 25.0 Å². The number of carbonyl (C=O) groups excluding carboxylic acids is 6. The highest BCUT2D eigenvalue weighted by atomic mass is 16.5. The largest absolute Gasteiger partial charge is 0.468 e. The topological polar surface area (TPSA) is 121 Å². The van der Waals surface area contributed by atoms with Crippen LogP contribution in [0.2, 0.25) is 0 Å². The van der Waals surface area contributed by atoms with E-state index in [-0.39, 0.29) is 60.7 Å². The minimum Gasteiger partial charge on any atom is -0.468 e. The lowest BCUT2D eigenvalue weighted by molar-refractivity contribution is -0.184. The van der Waals surface area contributed by atoms with Crippen molar-refractivity contribution in [2.75, 3.05) is 14.2 Å². The molecule has 0 heterocycles. The number of hydrogen-bond donors (Lipinski definition) is 0. The van der Waals surface area contributed by atoms with Crippen molar-refractivity contribution in [1.82, 2.24) is 0 Å². The number of Topliss-reactive ketones (excluding diaryl/α,β-unsaturated/α-hetero) is 4. The third-order valence-corrected chi connectivity index (χ3v) is 14.2. The van der Waals surface area contributed by atoms with Crippen LogP contribution in [0.25, 0.3) is 0 Å². The molecule has 0 N–H and O–H groups in total. The molecule has 0 saturated heterocycles. The Morgan fingerprint density at radius 3 is 1.08 bits per heavy atom. The van der Waals surface area contributed by atoms with Gasteiger partial charge in [-0.15, -0.1) is 39.5 Å². The molecular formula is C52H76O8. The summed E-state index contributed by atoms with van der Waals surface area (Å²) in [7, 11) is 2.60. The lowest BCUT2D eigenvalue weighted by Gasteiger charge is -2.58. The van der Waals surface area contributed by atoms with Gasteiger partial charge in [-0.3, -0.25) is 28.8 Å². The van der Waals surface area contributed by atoms with Gasteiger partial charge in [0.1, 0.15) is 22.4 Å². The number of carbonyl (C=O) groups is 6. The van der Waals surface area contributed by atoms with Crippen LogP contribution in [0.3, 0.4) is 0 Å². The Balaban J connectivity index is 0.000000600. The number of rotatable bonds is 22. The minimum atomic E-state index is -1.40. The molecule has 2 saturated carbocycles. The van der Waals surface area contributed by atoms with Crippen molar-refractivity contribution in [3.8, 4) is 0 Å². The first-order valence-electron chi connectivity index (χ1n) is 21.3. The molecule has 2 aliphatic carbocycles. The minimum absolute atomic E-state index is 0.0961. The maximum absolute atomic E-state index is 14.3. The summed E-state index contributed by atoms with van der Waals surface area (Å²) in [5.41, 5.74) is -4.82. The van der Waals surface area contributed by atoms with Gasteiger partial charge in [0, 0.05) is 0 Å². The van der Waals surface area contributed by atoms with Crippen molar-refractivity contribution in [3.05, 3.63) is 99.2 Å². The molecule has 0 amide bonds. The third-order valence-electron chi connectivity index (χ3n) is 14.2. The Morgan fingerprint density at radius 1 is 0.550 bits per heavy atom. The van der Waals surface area contributed by atoms with E-state index >= 15 is 0 Å². The van der Waals surface area contributed by atoms with Crippen LogP contribution in [0.1, 0.15) is 132 Å². The predicted octanol–water partition coefficient (Wildman–Crippen LogP) is 11.6. The van der Waals surface area contributed by atoms with Gasteiger partial charge in [-0.25, -0.2) is 0 Å². The second kappa shape index (κ2) is 22.4. The fraction of sp³-hybridized carbons (Fsp3) is 0.577. The van der Waals surface area contributed by atoms with Gasteiger partial charge in [0.15, 0.2) is 11.6 Å². The molecule has 8 heteroatoms. The van der Waals surface area contributed by atoms with Crippen molar-refractivity contribution in [2.45, 2.75) is 132 Å². The molecule has 0 aliphatic heterocycles. The normalized spacial score (nSPS) is 30.8. The summed E-state index contributed by atoms with van der Waals surface area (Å²) in [6, 6.07) is 0. The van der Waals surface area contributed by atoms with Gasteiger partial charge in [0.25, 0.3) is 0 Å². The Hall–Kier alpha value is -4.46. The molecule has 332 valence electrons.